The molecular weight excluding hydrogens is 336 g/mol. The molecule has 0 atom stereocenters. The summed E-state index contributed by atoms with van der Waals surface area (Å²) in [5.41, 5.74) is 1.14. The zero-order valence-electron chi connectivity index (χ0n) is 11.0. The predicted octanol–water partition coefficient (Wildman–Crippen LogP) is 3.01. The molecule has 21 heavy (non-hydrogen) atoms. The van der Waals surface area contributed by atoms with E-state index in [0.29, 0.717) is 28.7 Å². The molecule has 2 aromatic heterocycles. The number of aromatic nitrogens is 4. The van der Waals surface area contributed by atoms with Gasteiger partial charge in [-0.1, -0.05) is 6.07 Å². The molecule has 0 amide bonds. The highest BCUT2D eigenvalue weighted by Crippen LogP contribution is 2.35. The first kappa shape index (κ1) is 13.6. The van der Waals surface area contributed by atoms with Crippen LogP contribution in [-0.4, -0.2) is 32.4 Å². The Labute approximate surface area is 129 Å². The lowest BCUT2D eigenvalue weighted by Crippen LogP contribution is -1.88. The van der Waals surface area contributed by atoms with Crippen LogP contribution < -0.4 is 4.74 Å². The maximum Gasteiger partial charge on any atom is 0.185 e. The number of benzene rings is 1. The molecule has 2 N–H and O–H groups in total. The molecule has 0 bridgehead atoms. The molecule has 3 rings (SSSR count). The second kappa shape index (κ2) is 5.53. The molecule has 0 aliphatic rings. The number of aromatic hydroxyl groups is 1. The van der Waals surface area contributed by atoms with Crippen LogP contribution in [0.1, 0.15) is 0 Å². The van der Waals surface area contributed by atoms with E-state index < -0.39 is 0 Å². The van der Waals surface area contributed by atoms with Gasteiger partial charge in [-0.25, -0.2) is 4.98 Å². The summed E-state index contributed by atoms with van der Waals surface area (Å²) >= 11 is 3.42. The zero-order valence-corrected chi connectivity index (χ0v) is 12.6. The molecule has 0 saturated carbocycles. The quantitative estimate of drug-likeness (QED) is 0.761. The topological polar surface area (TPSA) is 83.9 Å². The van der Waals surface area contributed by atoms with E-state index in [4.69, 9.17) is 4.74 Å². The van der Waals surface area contributed by atoms with Crippen molar-refractivity contribution in [2.45, 2.75) is 0 Å². The fourth-order valence-electron chi connectivity index (χ4n) is 1.92. The number of methoxy groups -OCH3 is 1. The Hall–Kier alpha value is -2.41. The van der Waals surface area contributed by atoms with Gasteiger partial charge in [0.2, 0.25) is 0 Å². The van der Waals surface area contributed by atoms with Gasteiger partial charge in [0.25, 0.3) is 0 Å². The van der Waals surface area contributed by atoms with E-state index in [1.54, 1.807) is 24.4 Å². The molecule has 3 aromatic rings. The first-order valence-corrected chi connectivity index (χ1v) is 6.89. The van der Waals surface area contributed by atoms with Crippen molar-refractivity contribution in [2.75, 3.05) is 7.11 Å². The molecule has 106 valence electrons. The minimum atomic E-state index is 0.00522. The number of rotatable bonds is 3. The third kappa shape index (κ3) is 2.47. The summed E-state index contributed by atoms with van der Waals surface area (Å²) in [5.74, 6) is 1.27. The first-order chi connectivity index (χ1) is 10.2. The number of hydrogen-bond acceptors (Lipinski definition) is 5. The van der Waals surface area contributed by atoms with Crippen LogP contribution >= 0.6 is 15.9 Å². The Morgan fingerprint density at radius 2 is 2.10 bits per heavy atom. The number of nitrogens with zero attached hydrogens (tertiary/aromatic N) is 3. The lowest BCUT2D eigenvalue weighted by atomic mass is 10.2. The van der Waals surface area contributed by atoms with Gasteiger partial charge < -0.3 is 9.84 Å². The van der Waals surface area contributed by atoms with Crippen molar-refractivity contribution in [3.8, 4) is 34.4 Å². The normalized spacial score (nSPS) is 10.6. The second-order valence-corrected chi connectivity index (χ2v) is 5.05. The van der Waals surface area contributed by atoms with E-state index in [1.165, 1.54) is 7.11 Å². The van der Waals surface area contributed by atoms with Gasteiger partial charge in [0, 0.05) is 10.7 Å². The fourth-order valence-corrected chi connectivity index (χ4v) is 2.36. The van der Waals surface area contributed by atoms with Crippen molar-refractivity contribution in [1.29, 1.82) is 0 Å². The van der Waals surface area contributed by atoms with Crippen LogP contribution in [0.5, 0.6) is 11.5 Å². The van der Waals surface area contributed by atoms with E-state index >= 15 is 0 Å². The Kier molecular flexibility index (Phi) is 3.57. The number of pyridine rings is 1. The number of phenols is 1. The zero-order chi connectivity index (χ0) is 14.8. The lowest BCUT2D eigenvalue weighted by molar-refractivity contribution is 0.374. The third-order valence-electron chi connectivity index (χ3n) is 2.93. The number of para-hydroxylation sites is 1. The monoisotopic (exact) mass is 346 g/mol. The standard InChI is InChI=1S/C14H11BrN4O2/c1-21-10-6-2-4-8(12(10)20)13-17-14(19-18-13)11-9(15)5-3-7-16-11/h2-7,20H,1H3,(H,17,18,19). The molecule has 0 aliphatic heterocycles. The Bertz CT molecular complexity index is 788. The third-order valence-corrected chi connectivity index (χ3v) is 3.57. The van der Waals surface area contributed by atoms with E-state index in [0.717, 1.165) is 4.47 Å². The van der Waals surface area contributed by atoms with Crippen LogP contribution in [0.3, 0.4) is 0 Å². The van der Waals surface area contributed by atoms with E-state index in [-0.39, 0.29) is 5.75 Å². The number of phenolic OH excluding ortho intramolecular Hbond substituents is 1. The fraction of sp³-hybridized carbons (Fsp3) is 0.0714. The van der Waals surface area contributed by atoms with Gasteiger partial charge >= 0.3 is 0 Å². The minimum Gasteiger partial charge on any atom is -0.504 e. The van der Waals surface area contributed by atoms with Crippen molar-refractivity contribution in [3.05, 3.63) is 41.0 Å². The van der Waals surface area contributed by atoms with E-state index in [2.05, 4.69) is 36.1 Å². The molecule has 6 nitrogen and oxygen atoms in total. The number of halogens is 1. The van der Waals surface area contributed by atoms with Crippen LogP contribution in [0.25, 0.3) is 22.9 Å². The lowest BCUT2D eigenvalue weighted by Gasteiger charge is -2.05. The number of ether oxygens (including phenoxy) is 1. The molecule has 1 aromatic carbocycles. The van der Waals surface area contributed by atoms with Crippen molar-refractivity contribution >= 4 is 15.9 Å². The maximum absolute atomic E-state index is 10.1. The van der Waals surface area contributed by atoms with E-state index in [1.807, 2.05) is 12.1 Å². The van der Waals surface area contributed by atoms with Gasteiger partial charge in [0.1, 0.15) is 5.69 Å². The Morgan fingerprint density at radius 3 is 2.86 bits per heavy atom. The summed E-state index contributed by atoms with van der Waals surface area (Å²) in [4.78, 5) is 8.62. The van der Waals surface area contributed by atoms with Crippen molar-refractivity contribution in [3.63, 3.8) is 0 Å². The summed E-state index contributed by atoms with van der Waals surface area (Å²) in [6.45, 7) is 0. The molecular formula is C14H11BrN4O2. The summed E-state index contributed by atoms with van der Waals surface area (Å²) in [6.07, 6.45) is 1.67. The van der Waals surface area contributed by atoms with Crippen LogP contribution in [0, 0.1) is 0 Å². The highest BCUT2D eigenvalue weighted by atomic mass is 79.9. The molecule has 0 radical (unpaired) electrons. The molecule has 0 aliphatic carbocycles. The molecule has 0 fully saturated rings. The van der Waals surface area contributed by atoms with Crippen LogP contribution in [0.2, 0.25) is 0 Å². The second-order valence-electron chi connectivity index (χ2n) is 4.20. The van der Waals surface area contributed by atoms with Gasteiger partial charge in [-0.15, -0.1) is 0 Å². The summed E-state index contributed by atoms with van der Waals surface area (Å²) in [6, 6.07) is 8.84. The van der Waals surface area contributed by atoms with Crippen molar-refractivity contribution in [2.24, 2.45) is 0 Å². The minimum absolute atomic E-state index is 0.00522. The largest absolute Gasteiger partial charge is 0.504 e. The summed E-state index contributed by atoms with van der Waals surface area (Å²) in [5, 5.41) is 17.1. The number of aromatic amines is 1. The Morgan fingerprint density at radius 1 is 1.24 bits per heavy atom. The van der Waals surface area contributed by atoms with Gasteiger partial charge in [0.05, 0.1) is 12.7 Å². The predicted molar refractivity (Wildman–Crippen MR) is 81.0 cm³/mol. The highest BCUT2D eigenvalue weighted by Gasteiger charge is 2.15. The molecule has 0 unspecified atom stereocenters. The van der Waals surface area contributed by atoms with Crippen LogP contribution in [0.15, 0.2) is 41.0 Å². The van der Waals surface area contributed by atoms with E-state index in [9.17, 15) is 5.11 Å². The average Bonchev–Trinajstić information content (AvgIpc) is 2.97. The first-order valence-electron chi connectivity index (χ1n) is 6.10. The summed E-state index contributed by atoms with van der Waals surface area (Å²) in [7, 11) is 1.49. The SMILES string of the molecule is COc1cccc(-c2n[nH]c(-c3ncccc3Br)n2)c1O. The summed E-state index contributed by atoms with van der Waals surface area (Å²) < 4.78 is 5.89. The molecule has 0 saturated heterocycles. The van der Waals surface area contributed by atoms with Crippen molar-refractivity contribution < 1.29 is 9.84 Å². The Balaban J connectivity index is 2.05. The number of H-pyrrole nitrogens is 1. The van der Waals surface area contributed by atoms with Gasteiger partial charge in [-0.2, -0.15) is 5.10 Å². The van der Waals surface area contributed by atoms with Gasteiger partial charge in [-0.3, -0.25) is 10.1 Å². The average molecular weight is 347 g/mol. The number of hydrogen-bond donors (Lipinski definition) is 2. The molecule has 0 spiro atoms. The van der Waals surface area contributed by atoms with Crippen LogP contribution in [-0.2, 0) is 0 Å². The molecule has 7 heteroatoms. The van der Waals surface area contributed by atoms with Gasteiger partial charge in [0.15, 0.2) is 23.1 Å². The van der Waals surface area contributed by atoms with Crippen LogP contribution in [0.4, 0.5) is 0 Å². The maximum atomic E-state index is 10.1. The smallest absolute Gasteiger partial charge is 0.185 e. The highest BCUT2D eigenvalue weighted by molar-refractivity contribution is 9.10. The van der Waals surface area contributed by atoms with Crippen molar-refractivity contribution in [1.82, 2.24) is 20.2 Å². The molecule has 2 heterocycles. The number of nitrogens with one attached hydrogen (secondary N) is 1. The van der Waals surface area contributed by atoms with Gasteiger partial charge in [-0.05, 0) is 40.2 Å².